The fourth-order valence-corrected chi connectivity index (χ4v) is 2.80. The van der Waals surface area contributed by atoms with E-state index in [4.69, 9.17) is 4.74 Å². The van der Waals surface area contributed by atoms with E-state index in [0.29, 0.717) is 6.61 Å². The molecule has 0 spiro atoms. The third-order valence-corrected chi connectivity index (χ3v) is 3.67. The van der Waals surface area contributed by atoms with E-state index in [1.807, 2.05) is 13.8 Å². The lowest BCUT2D eigenvalue weighted by Gasteiger charge is -2.11. The Labute approximate surface area is 61.3 Å². The fraction of sp³-hybridized carbons (Fsp3) is 1.00. The van der Waals surface area contributed by atoms with Crippen LogP contribution in [-0.2, 0) is 14.6 Å². The third kappa shape index (κ3) is 1.32. The van der Waals surface area contributed by atoms with Crippen molar-refractivity contribution in [1.29, 1.82) is 0 Å². The number of ether oxygens (including phenoxy) is 1. The van der Waals surface area contributed by atoms with E-state index in [2.05, 4.69) is 0 Å². The van der Waals surface area contributed by atoms with Gasteiger partial charge < -0.3 is 4.74 Å². The highest BCUT2D eigenvalue weighted by atomic mass is 32.2. The molecule has 0 saturated carbocycles. The van der Waals surface area contributed by atoms with Crippen molar-refractivity contribution < 1.29 is 13.2 Å². The standard InChI is InChI=1S/C6H12O3S/c1-5(2)6-9-3-4-10(6,7)8/h5-6H,3-4H2,1-2H3. The minimum atomic E-state index is -2.91. The molecular formula is C6H12O3S. The average Bonchev–Trinajstić information content (AvgIpc) is 2.08. The summed E-state index contributed by atoms with van der Waals surface area (Å²) in [5, 5.41) is 0. The number of sulfone groups is 1. The van der Waals surface area contributed by atoms with Crippen LogP contribution in [0.25, 0.3) is 0 Å². The van der Waals surface area contributed by atoms with Gasteiger partial charge in [-0.2, -0.15) is 0 Å². The van der Waals surface area contributed by atoms with Gasteiger partial charge in [0.15, 0.2) is 15.3 Å². The topological polar surface area (TPSA) is 43.4 Å². The third-order valence-electron chi connectivity index (χ3n) is 1.55. The predicted molar refractivity (Wildman–Crippen MR) is 38.4 cm³/mol. The maximum atomic E-state index is 11.1. The van der Waals surface area contributed by atoms with Gasteiger partial charge >= 0.3 is 0 Å². The summed E-state index contributed by atoms with van der Waals surface area (Å²) >= 11 is 0. The molecule has 1 saturated heterocycles. The van der Waals surface area contributed by atoms with E-state index >= 15 is 0 Å². The first kappa shape index (κ1) is 8.01. The van der Waals surface area contributed by atoms with Crippen molar-refractivity contribution in [1.82, 2.24) is 0 Å². The van der Waals surface area contributed by atoms with Gasteiger partial charge in [0, 0.05) is 0 Å². The first-order valence-electron chi connectivity index (χ1n) is 3.37. The average molecular weight is 164 g/mol. The summed E-state index contributed by atoms with van der Waals surface area (Å²) in [6.07, 6.45) is 0. The molecule has 60 valence electrons. The van der Waals surface area contributed by atoms with Crippen LogP contribution >= 0.6 is 0 Å². The number of hydrogen-bond donors (Lipinski definition) is 0. The first-order chi connectivity index (χ1) is 4.54. The summed E-state index contributed by atoms with van der Waals surface area (Å²) in [4.78, 5) is 0. The van der Waals surface area contributed by atoms with Crippen molar-refractivity contribution in [3.63, 3.8) is 0 Å². The lowest BCUT2D eigenvalue weighted by molar-refractivity contribution is 0.108. The first-order valence-corrected chi connectivity index (χ1v) is 5.09. The summed E-state index contributed by atoms with van der Waals surface area (Å²) in [7, 11) is -2.91. The summed E-state index contributed by atoms with van der Waals surface area (Å²) < 4.78 is 27.2. The minimum Gasteiger partial charge on any atom is -0.361 e. The normalized spacial score (nSPS) is 31.3. The Kier molecular flexibility index (Phi) is 2.01. The quantitative estimate of drug-likeness (QED) is 0.564. The van der Waals surface area contributed by atoms with E-state index in [1.165, 1.54) is 0 Å². The van der Waals surface area contributed by atoms with E-state index in [-0.39, 0.29) is 11.7 Å². The maximum Gasteiger partial charge on any atom is 0.179 e. The Balaban J connectivity index is 2.79. The smallest absolute Gasteiger partial charge is 0.179 e. The zero-order chi connectivity index (χ0) is 7.78. The summed E-state index contributed by atoms with van der Waals surface area (Å²) in [5.74, 6) is 0.267. The molecular weight excluding hydrogens is 152 g/mol. The zero-order valence-corrected chi connectivity index (χ0v) is 7.02. The highest BCUT2D eigenvalue weighted by Crippen LogP contribution is 2.19. The molecule has 0 aromatic heterocycles. The molecule has 3 nitrogen and oxygen atoms in total. The Morgan fingerprint density at radius 1 is 1.50 bits per heavy atom. The Morgan fingerprint density at radius 3 is 2.30 bits per heavy atom. The molecule has 1 aliphatic heterocycles. The van der Waals surface area contributed by atoms with Crippen LogP contribution in [0.5, 0.6) is 0 Å². The molecule has 0 aromatic carbocycles. The Bertz CT molecular complexity index is 205. The van der Waals surface area contributed by atoms with Gasteiger partial charge in [0.25, 0.3) is 0 Å². The van der Waals surface area contributed by atoms with Crippen molar-refractivity contribution in [2.75, 3.05) is 12.4 Å². The molecule has 10 heavy (non-hydrogen) atoms. The van der Waals surface area contributed by atoms with E-state index in [0.717, 1.165) is 0 Å². The van der Waals surface area contributed by atoms with Crippen molar-refractivity contribution in [3.8, 4) is 0 Å². The van der Waals surface area contributed by atoms with Crippen molar-refractivity contribution >= 4 is 9.84 Å². The van der Waals surface area contributed by atoms with Crippen LogP contribution in [0.2, 0.25) is 0 Å². The molecule has 1 unspecified atom stereocenters. The van der Waals surface area contributed by atoms with Crippen LogP contribution in [-0.4, -0.2) is 26.2 Å². The van der Waals surface area contributed by atoms with Gasteiger partial charge in [0.2, 0.25) is 0 Å². The molecule has 0 bridgehead atoms. The molecule has 4 heteroatoms. The SMILES string of the molecule is CC(C)C1OCCS1(=O)=O. The molecule has 0 aliphatic carbocycles. The van der Waals surface area contributed by atoms with Crippen molar-refractivity contribution in [2.24, 2.45) is 5.92 Å². The molecule has 1 heterocycles. The van der Waals surface area contributed by atoms with Crippen LogP contribution < -0.4 is 0 Å². The molecule has 1 atom stereocenters. The molecule has 0 aromatic rings. The second-order valence-electron chi connectivity index (χ2n) is 2.85. The maximum absolute atomic E-state index is 11.1. The molecule has 0 N–H and O–H groups in total. The monoisotopic (exact) mass is 164 g/mol. The second kappa shape index (κ2) is 2.51. The number of rotatable bonds is 1. The predicted octanol–water partition coefficient (Wildman–Crippen LogP) is 0.413. The van der Waals surface area contributed by atoms with Crippen molar-refractivity contribution in [2.45, 2.75) is 19.3 Å². The van der Waals surface area contributed by atoms with E-state index < -0.39 is 15.3 Å². The van der Waals surface area contributed by atoms with Crippen LogP contribution in [0.15, 0.2) is 0 Å². The lowest BCUT2D eigenvalue weighted by atomic mass is 10.2. The molecule has 0 radical (unpaired) electrons. The fourth-order valence-electron chi connectivity index (χ4n) is 1.11. The summed E-state index contributed by atoms with van der Waals surface area (Å²) in [5.41, 5.74) is -0.549. The number of hydrogen-bond acceptors (Lipinski definition) is 3. The highest BCUT2D eigenvalue weighted by molar-refractivity contribution is 7.92. The van der Waals surface area contributed by atoms with Crippen LogP contribution in [0, 0.1) is 5.92 Å². The van der Waals surface area contributed by atoms with Gasteiger partial charge in [0.05, 0.1) is 12.4 Å². The van der Waals surface area contributed by atoms with Gasteiger partial charge in [-0.05, 0) is 5.92 Å². The van der Waals surface area contributed by atoms with Crippen LogP contribution in [0.4, 0.5) is 0 Å². The van der Waals surface area contributed by atoms with E-state index in [9.17, 15) is 8.42 Å². The summed E-state index contributed by atoms with van der Waals surface area (Å²) in [6, 6.07) is 0. The minimum absolute atomic E-state index is 0.0764. The second-order valence-corrected chi connectivity index (χ2v) is 5.05. The molecule has 1 rings (SSSR count). The van der Waals surface area contributed by atoms with Gasteiger partial charge in [-0.1, -0.05) is 13.8 Å². The lowest BCUT2D eigenvalue weighted by Crippen LogP contribution is -2.23. The van der Waals surface area contributed by atoms with E-state index in [1.54, 1.807) is 0 Å². The van der Waals surface area contributed by atoms with Crippen molar-refractivity contribution in [3.05, 3.63) is 0 Å². The summed E-state index contributed by atoms with van der Waals surface area (Å²) in [6.45, 7) is 4.08. The Morgan fingerprint density at radius 2 is 2.10 bits per heavy atom. The van der Waals surface area contributed by atoms with Gasteiger partial charge in [-0.15, -0.1) is 0 Å². The Hall–Kier alpha value is -0.0900. The molecule has 1 fully saturated rings. The van der Waals surface area contributed by atoms with Gasteiger partial charge in [-0.25, -0.2) is 8.42 Å². The van der Waals surface area contributed by atoms with Crippen LogP contribution in [0.1, 0.15) is 13.8 Å². The highest BCUT2D eigenvalue weighted by Gasteiger charge is 2.34. The largest absolute Gasteiger partial charge is 0.361 e. The molecule has 1 aliphatic rings. The van der Waals surface area contributed by atoms with Gasteiger partial charge in [0.1, 0.15) is 0 Å². The van der Waals surface area contributed by atoms with Crippen LogP contribution in [0.3, 0.4) is 0 Å². The zero-order valence-electron chi connectivity index (χ0n) is 6.20. The van der Waals surface area contributed by atoms with Gasteiger partial charge in [-0.3, -0.25) is 0 Å². The molecule has 0 amide bonds.